The molecule has 3 saturated carbocycles. The smallest absolute Gasteiger partial charge is 0.416 e. The maximum Gasteiger partial charge on any atom is 0.416 e. The number of hydrogen-bond donors (Lipinski definition) is 2. The van der Waals surface area contributed by atoms with Crippen LogP contribution in [0.5, 0.6) is 5.75 Å². The first-order valence-corrected chi connectivity index (χ1v) is 10.8. The van der Waals surface area contributed by atoms with Crippen LogP contribution in [0.2, 0.25) is 5.02 Å². The van der Waals surface area contributed by atoms with Crippen molar-refractivity contribution < 1.29 is 31.9 Å². The fourth-order valence-electron chi connectivity index (χ4n) is 4.61. The molecule has 10 heteroatoms. The Bertz CT molecular complexity index is 1050. The highest BCUT2D eigenvalue weighted by atomic mass is 35.5. The Morgan fingerprint density at radius 2 is 1.76 bits per heavy atom. The van der Waals surface area contributed by atoms with Crippen molar-refractivity contribution in [1.82, 2.24) is 10.6 Å². The summed E-state index contributed by atoms with van der Waals surface area (Å²) < 4.78 is 56.7. The summed E-state index contributed by atoms with van der Waals surface area (Å²) in [6, 6.07) is 8.31. The van der Waals surface area contributed by atoms with Gasteiger partial charge in [0.1, 0.15) is 11.6 Å². The van der Waals surface area contributed by atoms with Crippen LogP contribution in [0.3, 0.4) is 0 Å². The van der Waals surface area contributed by atoms with Crippen LogP contribution in [0, 0.1) is 11.7 Å². The quantitative estimate of drug-likeness (QED) is 0.577. The lowest BCUT2D eigenvalue weighted by molar-refractivity contribution is -0.137. The number of alkyl halides is 3. The molecular weight excluding hydrogens is 464 g/mol. The van der Waals surface area contributed by atoms with Crippen LogP contribution < -0.4 is 15.4 Å². The van der Waals surface area contributed by atoms with Crippen LogP contribution in [-0.2, 0) is 22.2 Å². The Morgan fingerprint density at radius 1 is 1.06 bits per heavy atom. The topological polar surface area (TPSA) is 67.4 Å². The van der Waals surface area contributed by atoms with Crippen molar-refractivity contribution in [2.24, 2.45) is 5.92 Å². The maximum atomic E-state index is 13.5. The number of carbonyl (C=O) groups is 2. The first-order valence-electron chi connectivity index (χ1n) is 10.4. The molecule has 2 amide bonds. The second-order valence-corrected chi connectivity index (χ2v) is 9.02. The Labute approximate surface area is 192 Å². The van der Waals surface area contributed by atoms with Crippen molar-refractivity contribution in [2.45, 2.75) is 43.4 Å². The average molecular weight is 485 g/mol. The lowest BCUT2D eigenvalue weighted by Crippen LogP contribution is -2.53. The predicted octanol–water partition coefficient (Wildman–Crippen LogP) is 4.27. The van der Waals surface area contributed by atoms with E-state index in [1.807, 2.05) is 0 Å². The molecular formula is C23H21ClF4N2O3. The van der Waals surface area contributed by atoms with Crippen LogP contribution in [0.25, 0.3) is 0 Å². The molecule has 3 fully saturated rings. The number of benzene rings is 2. The van der Waals surface area contributed by atoms with Gasteiger partial charge in [0.05, 0.1) is 17.0 Å². The highest BCUT2D eigenvalue weighted by molar-refractivity contribution is 6.30. The Morgan fingerprint density at radius 3 is 2.39 bits per heavy atom. The minimum absolute atomic E-state index is 0.0216. The predicted molar refractivity (Wildman–Crippen MR) is 112 cm³/mol. The van der Waals surface area contributed by atoms with Gasteiger partial charge in [-0.05, 0) is 55.0 Å². The molecule has 5 nitrogen and oxygen atoms in total. The molecule has 0 radical (unpaired) electrons. The summed E-state index contributed by atoms with van der Waals surface area (Å²) in [7, 11) is 0. The van der Waals surface area contributed by atoms with E-state index in [1.165, 1.54) is 24.3 Å². The lowest BCUT2D eigenvalue weighted by Gasteiger charge is -2.39. The number of halogens is 5. The molecule has 33 heavy (non-hydrogen) atoms. The van der Waals surface area contributed by atoms with Gasteiger partial charge in [0, 0.05) is 17.6 Å². The number of ether oxygens (including phenoxy) is 1. The third-order valence-electron chi connectivity index (χ3n) is 6.14. The minimum Gasteiger partial charge on any atom is -0.484 e. The SMILES string of the molecule is O=C(Cc1ccc(C(F)(F)F)cc1)N[C@H]1CC2(NC(=O)COc3ccc(Cl)c(F)c3)CC1C2. The number of fused-ring (bicyclic) bond motifs is 1. The van der Waals surface area contributed by atoms with E-state index in [0.29, 0.717) is 12.0 Å². The van der Waals surface area contributed by atoms with E-state index < -0.39 is 23.1 Å². The number of amides is 2. The van der Waals surface area contributed by atoms with E-state index in [-0.39, 0.29) is 47.6 Å². The van der Waals surface area contributed by atoms with Crippen molar-refractivity contribution in [2.75, 3.05) is 6.61 Å². The fourth-order valence-corrected chi connectivity index (χ4v) is 4.72. The summed E-state index contributed by atoms with van der Waals surface area (Å²) in [6.07, 6.45) is -2.43. The highest BCUT2D eigenvalue weighted by Gasteiger charge is 2.57. The van der Waals surface area contributed by atoms with E-state index in [0.717, 1.165) is 31.0 Å². The van der Waals surface area contributed by atoms with Crippen molar-refractivity contribution >= 4 is 23.4 Å². The fraction of sp³-hybridized carbons (Fsp3) is 0.391. The number of hydrogen-bond acceptors (Lipinski definition) is 3. The van der Waals surface area contributed by atoms with Gasteiger partial charge in [0.15, 0.2) is 6.61 Å². The Balaban J connectivity index is 1.23. The van der Waals surface area contributed by atoms with Crippen molar-refractivity contribution in [3.05, 3.63) is 64.4 Å². The molecule has 2 N–H and O–H groups in total. The molecule has 176 valence electrons. The zero-order valence-electron chi connectivity index (χ0n) is 17.3. The van der Waals surface area contributed by atoms with Gasteiger partial charge >= 0.3 is 6.18 Å². The van der Waals surface area contributed by atoms with Crippen molar-refractivity contribution in [3.8, 4) is 5.75 Å². The molecule has 0 aromatic heterocycles. The third kappa shape index (κ3) is 5.40. The largest absolute Gasteiger partial charge is 0.484 e. The molecule has 0 spiro atoms. The summed E-state index contributed by atoms with van der Waals surface area (Å²) in [5, 5.41) is 5.84. The molecule has 5 rings (SSSR count). The molecule has 3 aliphatic carbocycles. The zero-order valence-corrected chi connectivity index (χ0v) is 18.1. The van der Waals surface area contributed by atoms with E-state index in [9.17, 15) is 27.2 Å². The van der Waals surface area contributed by atoms with Gasteiger partial charge in [-0.15, -0.1) is 0 Å². The summed E-state index contributed by atoms with van der Waals surface area (Å²) in [5.41, 5.74) is -0.682. The second kappa shape index (κ2) is 8.85. The first-order chi connectivity index (χ1) is 15.5. The van der Waals surface area contributed by atoms with E-state index in [1.54, 1.807) is 0 Å². The summed E-state index contributed by atoms with van der Waals surface area (Å²) in [6.45, 7) is -0.279. The van der Waals surface area contributed by atoms with E-state index in [4.69, 9.17) is 16.3 Å². The summed E-state index contributed by atoms with van der Waals surface area (Å²) in [5.74, 6) is -0.841. The minimum atomic E-state index is -4.42. The summed E-state index contributed by atoms with van der Waals surface area (Å²) >= 11 is 5.62. The van der Waals surface area contributed by atoms with Gasteiger partial charge in [-0.1, -0.05) is 23.7 Å². The van der Waals surface area contributed by atoms with Gasteiger partial charge in [-0.2, -0.15) is 13.2 Å². The van der Waals surface area contributed by atoms with Crippen molar-refractivity contribution in [3.63, 3.8) is 0 Å². The first kappa shape index (κ1) is 23.4. The molecule has 0 aliphatic heterocycles. The van der Waals surface area contributed by atoms with Crippen LogP contribution in [0.15, 0.2) is 42.5 Å². The van der Waals surface area contributed by atoms with E-state index >= 15 is 0 Å². The molecule has 1 atom stereocenters. The van der Waals surface area contributed by atoms with E-state index in [2.05, 4.69) is 10.6 Å². The third-order valence-corrected chi connectivity index (χ3v) is 6.45. The number of carbonyl (C=O) groups excluding carboxylic acids is 2. The van der Waals surface area contributed by atoms with Crippen LogP contribution in [0.4, 0.5) is 17.6 Å². The molecule has 3 aliphatic rings. The van der Waals surface area contributed by atoms with Crippen LogP contribution in [0.1, 0.15) is 30.4 Å². The van der Waals surface area contributed by atoms with Gasteiger partial charge < -0.3 is 15.4 Å². The summed E-state index contributed by atoms with van der Waals surface area (Å²) in [4.78, 5) is 24.7. The molecule has 2 bridgehead atoms. The number of rotatable bonds is 7. The standard InChI is InChI=1S/C23H21ClF4N2O3/c24-17-6-5-16(8-18(17)25)33-12-21(32)30-22-9-14(10-22)19(11-22)29-20(31)7-13-1-3-15(4-2-13)23(26,27)28/h1-6,8,14,19H,7,9-12H2,(H,29,31)(H,30,32)/t14?,19-,22?/m0/s1. The molecule has 0 saturated heterocycles. The molecule has 2 aromatic rings. The zero-order chi connectivity index (χ0) is 23.8. The lowest BCUT2D eigenvalue weighted by atomic mass is 9.76. The van der Waals surface area contributed by atoms with Gasteiger partial charge in [0.25, 0.3) is 5.91 Å². The van der Waals surface area contributed by atoms with Crippen molar-refractivity contribution in [1.29, 1.82) is 0 Å². The van der Waals surface area contributed by atoms with Crippen LogP contribution >= 0.6 is 11.6 Å². The van der Waals surface area contributed by atoms with Gasteiger partial charge in [-0.25, -0.2) is 4.39 Å². The molecule has 0 unspecified atom stereocenters. The normalized spacial score (nSPS) is 23.5. The Kier molecular flexibility index (Phi) is 6.26. The van der Waals surface area contributed by atoms with Gasteiger partial charge in [-0.3, -0.25) is 9.59 Å². The molecule has 2 aromatic carbocycles. The maximum absolute atomic E-state index is 13.5. The van der Waals surface area contributed by atoms with Gasteiger partial charge in [0.2, 0.25) is 5.91 Å². The van der Waals surface area contributed by atoms with Crippen LogP contribution in [-0.4, -0.2) is 30.0 Å². The monoisotopic (exact) mass is 484 g/mol. The Hall–Kier alpha value is -2.81. The molecule has 0 heterocycles. The second-order valence-electron chi connectivity index (χ2n) is 8.61. The average Bonchev–Trinajstić information content (AvgIpc) is 3.21. The number of nitrogens with one attached hydrogen (secondary N) is 2. The highest BCUT2D eigenvalue weighted by Crippen LogP contribution is 2.52.